The summed E-state index contributed by atoms with van der Waals surface area (Å²) in [5.41, 5.74) is 6.40. The highest BCUT2D eigenvalue weighted by molar-refractivity contribution is 6.30. The van der Waals surface area contributed by atoms with Gasteiger partial charge in [0.15, 0.2) is 0 Å². The van der Waals surface area contributed by atoms with Crippen LogP contribution in [0.1, 0.15) is 25.7 Å². The Morgan fingerprint density at radius 3 is 2.71 bits per heavy atom. The van der Waals surface area contributed by atoms with Crippen molar-refractivity contribution < 1.29 is 4.74 Å². The highest BCUT2D eigenvalue weighted by Crippen LogP contribution is 2.27. The molecule has 0 bridgehead atoms. The zero-order valence-corrected chi connectivity index (χ0v) is 11.1. The predicted octanol–water partition coefficient (Wildman–Crippen LogP) is 3.28. The average molecular weight is 257 g/mol. The Hall–Kier alpha value is -0.930. The maximum atomic E-state index is 5.95. The smallest absolute Gasteiger partial charge is 0.142 e. The Morgan fingerprint density at radius 1 is 1.24 bits per heavy atom. The first-order chi connectivity index (χ1) is 8.27. The van der Waals surface area contributed by atoms with E-state index in [1.54, 1.807) is 7.11 Å². The topological polar surface area (TPSA) is 47.3 Å². The molecule has 1 aromatic carbocycles. The highest BCUT2D eigenvalue weighted by Gasteiger charge is 2.02. The summed E-state index contributed by atoms with van der Waals surface area (Å²) in [4.78, 5) is 0. The maximum absolute atomic E-state index is 5.95. The minimum atomic E-state index is 0.719. The molecule has 0 atom stereocenters. The molecule has 0 saturated heterocycles. The van der Waals surface area contributed by atoms with Gasteiger partial charge in [-0.1, -0.05) is 24.4 Å². The number of anilines is 1. The molecule has 0 aliphatic heterocycles. The number of rotatable bonds is 8. The number of nitrogens with one attached hydrogen (secondary N) is 1. The fraction of sp³-hybridized carbons (Fsp3) is 0.538. The van der Waals surface area contributed by atoms with Gasteiger partial charge in [-0.2, -0.15) is 0 Å². The van der Waals surface area contributed by atoms with Crippen molar-refractivity contribution in [2.75, 3.05) is 25.5 Å². The van der Waals surface area contributed by atoms with E-state index in [9.17, 15) is 0 Å². The number of hydrogen-bond donors (Lipinski definition) is 2. The zero-order chi connectivity index (χ0) is 12.5. The van der Waals surface area contributed by atoms with E-state index < -0.39 is 0 Å². The second kappa shape index (κ2) is 8.20. The van der Waals surface area contributed by atoms with Gasteiger partial charge in [0, 0.05) is 11.6 Å². The van der Waals surface area contributed by atoms with E-state index in [2.05, 4.69) is 5.32 Å². The monoisotopic (exact) mass is 256 g/mol. The molecule has 1 rings (SSSR count). The Bertz CT molecular complexity index is 331. The number of unbranched alkanes of at least 4 members (excludes halogenated alkanes) is 3. The van der Waals surface area contributed by atoms with Crippen molar-refractivity contribution in [3.8, 4) is 5.75 Å². The van der Waals surface area contributed by atoms with Crippen LogP contribution in [0.3, 0.4) is 0 Å². The van der Waals surface area contributed by atoms with Gasteiger partial charge in [-0.3, -0.25) is 0 Å². The van der Waals surface area contributed by atoms with Crippen molar-refractivity contribution in [1.82, 2.24) is 0 Å². The van der Waals surface area contributed by atoms with Crippen molar-refractivity contribution in [3.63, 3.8) is 0 Å². The fourth-order valence-corrected chi connectivity index (χ4v) is 1.84. The van der Waals surface area contributed by atoms with Gasteiger partial charge in [-0.15, -0.1) is 0 Å². The van der Waals surface area contributed by atoms with Gasteiger partial charge < -0.3 is 15.8 Å². The fourth-order valence-electron chi connectivity index (χ4n) is 1.66. The Morgan fingerprint density at radius 2 is 2.00 bits per heavy atom. The van der Waals surface area contributed by atoms with Crippen LogP contribution in [0.25, 0.3) is 0 Å². The highest BCUT2D eigenvalue weighted by atomic mass is 35.5. The van der Waals surface area contributed by atoms with Gasteiger partial charge in [-0.05, 0) is 37.6 Å². The molecule has 0 fully saturated rings. The first-order valence-corrected chi connectivity index (χ1v) is 6.43. The van der Waals surface area contributed by atoms with E-state index in [-0.39, 0.29) is 0 Å². The Kier molecular flexibility index (Phi) is 6.82. The van der Waals surface area contributed by atoms with Crippen molar-refractivity contribution in [2.24, 2.45) is 5.73 Å². The number of halogens is 1. The summed E-state index contributed by atoms with van der Waals surface area (Å²) in [5.74, 6) is 0.830. The summed E-state index contributed by atoms with van der Waals surface area (Å²) < 4.78 is 5.26. The van der Waals surface area contributed by atoms with Crippen molar-refractivity contribution >= 4 is 17.3 Å². The lowest BCUT2D eigenvalue weighted by Gasteiger charge is -2.11. The third-order valence-electron chi connectivity index (χ3n) is 2.61. The molecule has 0 aliphatic rings. The first-order valence-electron chi connectivity index (χ1n) is 6.05. The number of hydrogen-bond acceptors (Lipinski definition) is 3. The van der Waals surface area contributed by atoms with Gasteiger partial charge in [0.25, 0.3) is 0 Å². The van der Waals surface area contributed by atoms with Crippen molar-refractivity contribution in [2.45, 2.75) is 25.7 Å². The normalized spacial score (nSPS) is 10.3. The van der Waals surface area contributed by atoms with E-state index in [0.717, 1.165) is 42.4 Å². The summed E-state index contributed by atoms with van der Waals surface area (Å²) in [6.07, 6.45) is 4.65. The van der Waals surface area contributed by atoms with Crippen molar-refractivity contribution in [3.05, 3.63) is 23.2 Å². The molecule has 4 heteroatoms. The number of benzene rings is 1. The molecule has 0 saturated carbocycles. The molecule has 3 nitrogen and oxygen atoms in total. The molecular formula is C13H21ClN2O. The summed E-state index contributed by atoms with van der Waals surface area (Å²) in [5, 5.41) is 4.06. The van der Waals surface area contributed by atoms with E-state index in [1.165, 1.54) is 12.8 Å². The second-order valence-electron chi connectivity index (χ2n) is 3.97. The van der Waals surface area contributed by atoms with Crippen LogP contribution in [0.15, 0.2) is 18.2 Å². The summed E-state index contributed by atoms with van der Waals surface area (Å²) in [6.45, 7) is 1.72. The maximum Gasteiger partial charge on any atom is 0.142 e. The molecule has 0 radical (unpaired) electrons. The molecule has 96 valence electrons. The van der Waals surface area contributed by atoms with E-state index in [4.69, 9.17) is 22.1 Å². The summed E-state index contributed by atoms with van der Waals surface area (Å²) in [6, 6.07) is 5.59. The third kappa shape index (κ3) is 5.29. The molecule has 0 amide bonds. The first kappa shape index (κ1) is 14.1. The molecule has 0 spiro atoms. The van der Waals surface area contributed by atoms with Crippen LogP contribution in [0, 0.1) is 0 Å². The van der Waals surface area contributed by atoms with Gasteiger partial charge in [0.2, 0.25) is 0 Å². The lowest BCUT2D eigenvalue weighted by atomic mass is 10.2. The van der Waals surface area contributed by atoms with Crippen LogP contribution in [0.5, 0.6) is 5.75 Å². The van der Waals surface area contributed by atoms with E-state index in [1.807, 2.05) is 18.2 Å². The van der Waals surface area contributed by atoms with Gasteiger partial charge in [-0.25, -0.2) is 0 Å². The minimum Gasteiger partial charge on any atom is -0.495 e. The quantitative estimate of drug-likeness (QED) is 0.702. The number of ether oxygens (including phenoxy) is 1. The molecule has 1 aromatic rings. The lowest BCUT2D eigenvalue weighted by molar-refractivity contribution is 0.416. The van der Waals surface area contributed by atoms with Crippen molar-refractivity contribution in [1.29, 1.82) is 0 Å². The van der Waals surface area contributed by atoms with Crippen LogP contribution in [0.2, 0.25) is 5.02 Å². The minimum absolute atomic E-state index is 0.719. The van der Waals surface area contributed by atoms with Crippen LogP contribution in [0.4, 0.5) is 5.69 Å². The molecule has 0 aromatic heterocycles. The molecule has 3 N–H and O–H groups in total. The molecule has 0 heterocycles. The molecule has 0 aliphatic carbocycles. The van der Waals surface area contributed by atoms with E-state index in [0.29, 0.717) is 0 Å². The number of nitrogens with two attached hydrogens (primary N) is 1. The molecule has 0 unspecified atom stereocenters. The summed E-state index contributed by atoms with van der Waals surface area (Å²) in [7, 11) is 1.66. The van der Waals surface area contributed by atoms with Crippen LogP contribution in [-0.4, -0.2) is 20.2 Å². The molecular weight excluding hydrogens is 236 g/mol. The van der Waals surface area contributed by atoms with Gasteiger partial charge >= 0.3 is 0 Å². The predicted molar refractivity (Wildman–Crippen MR) is 74.0 cm³/mol. The molecule has 17 heavy (non-hydrogen) atoms. The zero-order valence-electron chi connectivity index (χ0n) is 10.3. The van der Waals surface area contributed by atoms with Gasteiger partial charge in [0.1, 0.15) is 5.75 Å². The SMILES string of the molecule is COc1ccc(Cl)cc1NCCCCCCN. The number of methoxy groups -OCH3 is 1. The van der Waals surface area contributed by atoms with Crippen LogP contribution in [-0.2, 0) is 0 Å². The second-order valence-corrected chi connectivity index (χ2v) is 4.41. The standard InChI is InChI=1S/C13H21ClN2O/c1-17-13-7-6-11(14)10-12(13)16-9-5-3-2-4-8-15/h6-7,10,16H,2-5,8-9,15H2,1H3. The van der Waals surface area contributed by atoms with E-state index >= 15 is 0 Å². The van der Waals surface area contributed by atoms with Gasteiger partial charge in [0.05, 0.1) is 12.8 Å². The third-order valence-corrected chi connectivity index (χ3v) is 2.84. The van der Waals surface area contributed by atoms with Crippen LogP contribution < -0.4 is 15.8 Å². The lowest BCUT2D eigenvalue weighted by Crippen LogP contribution is -2.04. The average Bonchev–Trinajstić information content (AvgIpc) is 2.34. The summed E-state index contributed by atoms with van der Waals surface area (Å²) >= 11 is 5.95. The largest absolute Gasteiger partial charge is 0.495 e. The Labute approximate surface area is 108 Å². The van der Waals surface area contributed by atoms with Crippen LogP contribution >= 0.6 is 11.6 Å². The Balaban J connectivity index is 2.32.